The molecule has 1 aliphatic rings. The number of imidazole rings is 1. The Morgan fingerprint density at radius 3 is 2.58 bits per heavy atom. The maximum Gasteiger partial charge on any atom is 0.124 e. The first-order chi connectivity index (χ1) is 12.8. The lowest BCUT2D eigenvalue weighted by Crippen LogP contribution is -2.21. The predicted molar refractivity (Wildman–Crippen MR) is 111 cm³/mol. The van der Waals surface area contributed by atoms with Gasteiger partial charge < -0.3 is 4.57 Å². The maximum atomic E-state index is 5.01. The second-order valence-electron chi connectivity index (χ2n) is 7.08. The second kappa shape index (κ2) is 8.28. The Hall–Kier alpha value is -1.78. The summed E-state index contributed by atoms with van der Waals surface area (Å²) in [6.45, 7) is 6.49. The average molecular weight is 366 g/mol. The van der Waals surface area contributed by atoms with Gasteiger partial charge in [-0.25, -0.2) is 4.98 Å². The van der Waals surface area contributed by atoms with Crippen molar-refractivity contribution in [2.75, 3.05) is 18.8 Å². The van der Waals surface area contributed by atoms with Crippen LogP contribution in [0, 0.1) is 0 Å². The molecule has 0 amide bonds. The molecule has 0 aliphatic carbocycles. The molecule has 26 heavy (non-hydrogen) atoms. The molecule has 2 heterocycles. The van der Waals surface area contributed by atoms with Crippen LogP contribution in [0.25, 0.3) is 11.0 Å². The molecular weight excluding hydrogens is 338 g/mol. The van der Waals surface area contributed by atoms with E-state index in [4.69, 9.17) is 4.98 Å². The number of fused-ring (bicyclic) bond motifs is 1. The number of thioether (sulfide) groups is 1. The molecule has 3 aromatic rings. The third-order valence-corrected chi connectivity index (χ3v) is 6.22. The average Bonchev–Trinajstić information content (AvgIpc) is 3.30. The van der Waals surface area contributed by atoms with E-state index in [0.29, 0.717) is 0 Å². The molecule has 4 heteroatoms. The molecule has 1 saturated heterocycles. The first-order valence-corrected chi connectivity index (χ1v) is 10.7. The van der Waals surface area contributed by atoms with Crippen LogP contribution in [0.3, 0.4) is 0 Å². The summed E-state index contributed by atoms with van der Waals surface area (Å²) in [5.41, 5.74) is 3.72. The van der Waals surface area contributed by atoms with E-state index in [0.717, 1.165) is 18.6 Å². The van der Waals surface area contributed by atoms with Crippen LogP contribution in [0.1, 0.15) is 37.6 Å². The zero-order chi connectivity index (χ0) is 17.8. The minimum absolute atomic E-state index is 0.891. The van der Waals surface area contributed by atoms with Crippen molar-refractivity contribution in [2.45, 2.75) is 44.2 Å². The molecule has 0 spiro atoms. The highest BCUT2D eigenvalue weighted by molar-refractivity contribution is 7.99. The summed E-state index contributed by atoms with van der Waals surface area (Å²) in [4.78, 5) is 8.89. The summed E-state index contributed by atoms with van der Waals surface area (Å²) in [6.07, 6.45) is 3.83. The van der Waals surface area contributed by atoms with Crippen molar-refractivity contribution >= 4 is 22.8 Å². The van der Waals surface area contributed by atoms with Crippen LogP contribution in [0.5, 0.6) is 0 Å². The topological polar surface area (TPSA) is 21.1 Å². The van der Waals surface area contributed by atoms with Gasteiger partial charge in [0.05, 0.1) is 17.6 Å². The van der Waals surface area contributed by atoms with Crippen molar-refractivity contribution in [3.63, 3.8) is 0 Å². The molecule has 1 fully saturated rings. The van der Waals surface area contributed by atoms with Gasteiger partial charge in [0.1, 0.15) is 5.82 Å². The van der Waals surface area contributed by atoms with Crippen LogP contribution in [0.4, 0.5) is 0 Å². The van der Waals surface area contributed by atoms with Crippen molar-refractivity contribution in [3.05, 3.63) is 59.9 Å². The van der Waals surface area contributed by atoms with Crippen LogP contribution in [0.15, 0.2) is 53.4 Å². The fourth-order valence-electron chi connectivity index (χ4n) is 3.67. The van der Waals surface area contributed by atoms with Crippen molar-refractivity contribution < 1.29 is 0 Å². The van der Waals surface area contributed by atoms with Gasteiger partial charge in [0.15, 0.2) is 0 Å². The van der Waals surface area contributed by atoms with Crippen LogP contribution in [-0.4, -0.2) is 33.3 Å². The standard InChI is InChI=1S/C22H27N3S/c1-2-14-26-19-10-11-20-21(15-19)25(16-18-8-4-3-5-9-18)22(23-20)17-24-12-6-7-13-24/h3-5,8-11,15H,2,6-7,12-14,16-17H2,1H3. The molecule has 0 radical (unpaired) electrons. The van der Waals surface area contributed by atoms with Gasteiger partial charge in [-0.2, -0.15) is 0 Å². The molecule has 0 bridgehead atoms. The zero-order valence-corrected chi connectivity index (χ0v) is 16.3. The van der Waals surface area contributed by atoms with E-state index in [1.54, 1.807) is 0 Å². The van der Waals surface area contributed by atoms with E-state index in [9.17, 15) is 0 Å². The summed E-state index contributed by atoms with van der Waals surface area (Å²) in [5.74, 6) is 2.36. The minimum atomic E-state index is 0.891. The first kappa shape index (κ1) is 17.6. The highest BCUT2D eigenvalue weighted by Crippen LogP contribution is 2.26. The lowest BCUT2D eigenvalue weighted by Gasteiger charge is -2.16. The summed E-state index contributed by atoms with van der Waals surface area (Å²) in [5, 5.41) is 0. The summed E-state index contributed by atoms with van der Waals surface area (Å²) < 4.78 is 2.43. The third kappa shape index (κ3) is 3.97. The Morgan fingerprint density at radius 1 is 1.00 bits per heavy atom. The first-order valence-electron chi connectivity index (χ1n) is 9.72. The van der Waals surface area contributed by atoms with Gasteiger partial charge in [-0.1, -0.05) is 37.3 Å². The summed E-state index contributed by atoms with van der Waals surface area (Å²) in [6, 6.07) is 17.5. The summed E-state index contributed by atoms with van der Waals surface area (Å²) >= 11 is 1.94. The van der Waals surface area contributed by atoms with Crippen molar-refractivity contribution in [1.29, 1.82) is 0 Å². The highest BCUT2D eigenvalue weighted by atomic mass is 32.2. The molecule has 0 saturated carbocycles. The second-order valence-corrected chi connectivity index (χ2v) is 8.25. The lowest BCUT2D eigenvalue weighted by molar-refractivity contribution is 0.318. The summed E-state index contributed by atoms with van der Waals surface area (Å²) in [7, 11) is 0. The van der Waals surface area contributed by atoms with Crippen molar-refractivity contribution in [2.24, 2.45) is 0 Å². The Labute approximate surface area is 160 Å². The minimum Gasteiger partial charge on any atom is -0.322 e. The number of hydrogen-bond acceptors (Lipinski definition) is 3. The molecule has 1 aromatic heterocycles. The van der Waals surface area contributed by atoms with Crippen molar-refractivity contribution in [1.82, 2.24) is 14.5 Å². The van der Waals surface area contributed by atoms with E-state index in [1.165, 1.54) is 59.9 Å². The van der Waals surface area contributed by atoms with Gasteiger partial charge in [0.2, 0.25) is 0 Å². The Bertz CT molecular complexity index is 850. The molecule has 136 valence electrons. The Kier molecular flexibility index (Phi) is 5.61. The SMILES string of the molecule is CCCSc1ccc2nc(CN3CCCC3)n(Cc3ccccc3)c2c1. The van der Waals surface area contributed by atoms with E-state index in [1.807, 2.05) is 11.8 Å². The van der Waals surface area contributed by atoms with Crippen molar-refractivity contribution in [3.8, 4) is 0 Å². The van der Waals surface area contributed by atoms with Crippen LogP contribution >= 0.6 is 11.8 Å². The quantitative estimate of drug-likeness (QED) is 0.538. The number of rotatable bonds is 7. The largest absolute Gasteiger partial charge is 0.322 e. The van der Waals surface area contributed by atoms with E-state index in [-0.39, 0.29) is 0 Å². The molecule has 0 N–H and O–H groups in total. The number of benzene rings is 2. The number of aromatic nitrogens is 2. The highest BCUT2D eigenvalue weighted by Gasteiger charge is 2.17. The predicted octanol–water partition coefficient (Wildman–Crippen LogP) is 5.18. The van der Waals surface area contributed by atoms with Gasteiger partial charge in [0, 0.05) is 11.4 Å². The van der Waals surface area contributed by atoms with Gasteiger partial charge >= 0.3 is 0 Å². The van der Waals surface area contributed by atoms with Crippen LogP contribution in [0.2, 0.25) is 0 Å². The Balaban J connectivity index is 1.71. The molecule has 3 nitrogen and oxygen atoms in total. The zero-order valence-electron chi connectivity index (χ0n) is 15.5. The number of likely N-dealkylation sites (tertiary alicyclic amines) is 1. The molecule has 0 unspecified atom stereocenters. The molecule has 2 aromatic carbocycles. The fraction of sp³-hybridized carbons (Fsp3) is 0.409. The van der Waals surface area contributed by atoms with Crippen LogP contribution < -0.4 is 0 Å². The molecule has 4 rings (SSSR count). The van der Waals surface area contributed by atoms with Crippen LogP contribution in [-0.2, 0) is 13.1 Å². The molecule has 1 aliphatic heterocycles. The Morgan fingerprint density at radius 2 is 1.81 bits per heavy atom. The smallest absolute Gasteiger partial charge is 0.124 e. The normalized spacial score (nSPS) is 15.1. The van der Waals surface area contributed by atoms with E-state index >= 15 is 0 Å². The molecular formula is C22H27N3S. The molecule has 0 atom stereocenters. The lowest BCUT2D eigenvalue weighted by atomic mass is 10.2. The number of nitrogens with zero attached hydrogens (tertiary/aromatic N) is 3. The van der Waals surface area contributed by atoms with Gasteiger partial charge in [0.25, 0.3) is 0 Å². The van der Waals surface area contributed by atoms with E-state index < -0.39 is 0 Å². The monoisotopic (exact) mass is 365 g/mol. The van der Waals surface area contributed by atoms with E-state index in [2.05, 4.69) is 64.9 Å². The maximum absolute atomic E-state index is 5.01. The number of hydrogen-bond donors (Lipinski definition) is 0. The fourth-order valence-corrected chi connectivity index (χ4v) is 4.47. The van der Waals surface area contributed by atoms with Gasteiger partial charge in [-0.3, -0.25) is 4.90 Å². The van der Waals surface area contributed by atoms with Gasteiger partial charge in [-0.05, 0) is 61.9 Å². The third-order valence-electron chi connectivity index (χ3n) is 5.02. The van der Waals surface area contributed by atoms with Gasteiger partial charge in [-0.15, -0.1) is 11.8 Å².